The van der Waals surface area contributed by atoms with Crippen LogP contribution in [0.3, 0.4) is 0 Å². The summed E-state index contributed by atoms with van der Waals surface area (Å²) < 4.78 is 25.6. The fourth-order valence-corrected chi connectivity index (χ4v) is 3.75. The molecule has 0 saturated carbocycles. The highest BCUT2D eigenvalue weighted by atomic mass is 32.2. The highest BCUT2D eigenvalue weighted by Gasteiger charge is 2.34. The van der Waals surface area contributed by atoms with Crippen LogP contribution in [-0.2, 0) is 21.7 Å². The normalized spacial score (nSPS) is 25.3. The first-order chi connectivity index (χ1) is 10.8. The molecule has 0 radical (unpaired) electrons. The Morgan fingerprint density at radius 2 is 2.09 bits per heavy atom. The molecule has 1 N–H and O–H groups in total. The molecule has 1 aromatic rings. The van der Waals surface area contributed by atoms with Gasteiger partial charge in [0, 0.05) is 6.42 Å². The minimum atomic E-state index is -2.40. The quantitative estimate of drug-likeness (QED) is 0.900. The lowest BCUT2D eigenvalue weighted by molar-refractivity contribution is -0.129. The second-order valence-corrected chi connectivity index (χ2v) is 7.57. The summed E-state index contributed by atoms with van der Waals surface area (Å²) in [6, 6.07) is 5.60. The van der Waals surface area contributed by atoms with Gasteiger partial charge < -0.3 is 0 Å². The smallest absolute Gasteiger partial charge is 0.273 e. The molecule has 0 saturated heterocycles. The van der Waals surface area contributed by atoms with Gasteiger partial charge in [-0.05, 0) is 35.1 Å². The summed E-state index contributed by atoms with van der Waals surface area (Å²) in [7, 11) is -2.40. The van der Waals surface area contributed by atoms with Crippen LogP contribution in [0, 0.1) is 11.3 Å². The van der Waals surface area contributed by atoms with Crippen LogP contribution in [0.2, 0.25) is 0 Å². The predicted molar refractivity (Wildman–Crippen MR) is 86.5 cm³/mol. The van der Waals surface area contributed by atoms with Crippen LogP contribution < -0.4 is 5.43 Å². The molecule has 0 bridgehead atoms. The van der Waals surface area contributed by atoms with Crippen LogP contribution >= 0.6 is 0 Å². The maximum absolute atomic E-state index is 11.8. The first kappa shape index (κ1) is 15.9. The van der Waals surface area contributed by atoms with Gasteiger partial charge >= 0.3 is 10.5 Å². The summed E-state index contributed by atoms with van der Waals surface area (Å²) in [5, 5.41) is 4.18. The first-order valence-electron chi connectivity index (χ1n) is 7.58. The summed E-state index contributed by atoms with van der Waals surface area (Å²) >= 11 is 0. The first-order valence-corrected chi connectivity index (χ1v) is 8.61. The molecule has 0 aromatic heterocycles. The van der Waals surface area contributed by atoms with E-state index in [1.807, 2.05) is 39.0 Å². The van der Waals surface area contributed by atoms with E-state index in [0.29, 0.717) is 6.42 Å². The van der Waals surface area contributed by atoms with Crippen LogP contribution in [0.1, 0.15) is 49.9 Å². The number of benzene rings is 1. The van der Waals surface area contributed by atoms with Gasteiger partial charge in [0.2, 0.25) is 5.91 Å². The van der Waals surface area contributed by atoms with E-state index in [4.69, 9.17) is 0 Å². The lowest BCUT2D eigenvalue weighted by Crippen LogP contribution is -2.40. The summed E-state index contributed by atoms with van der Waals surface area (Å²) in [4.78, 5) is 11.8. The molecule has 3 rings (SSSR count). The van der Waals surface area contributed by atoms with Gasteiger partial charge in [-0.1, -0.05) is 32.9 Å². The third-order valence-electron chi connectivity index (χ3n) is 4.59. The maximum Gasteiger partial charge on any atom is 0.311 e. The number of nitrogens with zero attached hydrogens (tertiary/aromatic N) is 2. The Hall–Kier alpha value is -2.02. The molecule has 6 nitrogen and oxygen atoms in total. The topological polar surface area (TPSA) is 88.0 Å². The fourth-order valence-electron chi connectivity index (χ4n) is 3.24. The zero-order valence-corrected chi connectivity index (χ0v) is 14.1. The number of nitrogens with one attached hydrogen (secondary N) is 1. The molecular weight excluding hydrogens is 314 g/mol. The zero-order valence-electron chi connectivity index (χ0n) is 13.3. The molecule has 23 heavy (non-hydrogen) atoms. The molecule has 1 aliphatic carbocycles. The number of rotatable bonds is 2. The zero-order chi connectivity index (χ0) is 16.8. The molecule has 0 spiro atoms. The van der Waals surface area contributed by atoms with Gasteiger partial charge in [-0.15, -0.1) is 0 Å². The maximum atomic E-state index is 11.8. The van der Waals surface area contributed by atoms with E-state index >= 15 is 0 Å². The molecule has 2 aliphatic rings. The minimum absolute atomic E-state index is 0.0761. The van der Waals surface area contributed by atoms with Gasteiger partial charge in [0.1, 0.15) is 0 Å². The van der Waals surface area contributed by atoms with Gasteiger partial charge in [-0.3, -0.25) is 4.79 Å². The minimum Gasteiger partial charge on any atom is -0.273 e. The number of hydrogen-bond donors (Lipinski definition) is 1. The molecule has 2 unspecified atom stereocenters. The van der Waals surface area contributed by atoms with Crippen LogP contribution in [0.5, 0.6) is 0 Å². The van der Waals surface area contributed by atoms with Crippen molar-refractivity contribution in [3.05, 3.63) is 34.9 Å². The van der Waals surface area contributed by atoms with Crippen molar-refractivity contribution in [2.45, 2.75) is 39.7 Å². The number of hydrogen-bond acceptors (Lipinski definition) is 5. The summed E-state index contributed by atoms with van der Waals surface area (Å²) in [6.07, 6.45) is 1.36. The van der Waals surface area contributed by atoms with Crippen molar-refractivity contribution in [3.8, 4) is 0 Å². The van der Waals surface area contributed by atoms with E-state index in [2.05, 4.69) is 14.9 Å². The number of hydrazone groups is 1. The Morgan fingerprint density at radius 1 is 1.35 bits per heavy atom. The van der Waals surface area contributed by atoms with Crippen molar-refractivity contribution in [2.75, 3.05) is 0 Å². The molecule has 122 valence electrons. The van der Waals surface area contributed by atoms with Gasteiger partial charge in [0.05, 0.1) is 17.2 Å². The van der Waals surface area contributed by atoms with Crippen LogP contribution in [0.25, 0.3) is 0 Å². The van der Waals surface area contributed by atoms with Crippen LogP contribution in [0.15, 0.2) is 27.7 Å². The Bertz CT molecular complexity index is 832. The number of carbonyl (C=O) groups excluding carboxylic acids is 1. The van der Waals surface area contributed by atoms with E-state index < -0.39 is 15.9 Å². The second kappa shape index (κ2) is 5.56. The number of fused-ring (bicyclic) bond motifs is 1. The Balaban J connectivity index is 1.96. The van der Waals surface area contributed by atoms with E-state index in [-0.39, 0.29) is 17.9 Å². The molecule has 1 aromatic carbocycles. The van der Waals surface area contributed by atoms with E-state index in [1.54, 1.807) is 0 Å². The van der Waals surface area contributed by atoms with Gasteiger partial charge in [0.25, 0.3) is 0 Å². The van der Waals surface area contributed by atoms with Crippen LogP contribution in [0.4, 0.5) is 0 Å². The summed E-state index contributed by atoms with van der Waals surface area (Å²) in [5.74, 6) is 0.0791. The monoisotopic (exact) mass is 333 g/mol. The molecule has 7 heteroatoms. The Kier molecular flexibility index (Phi) is 3.83. The second-order valence-electron chi connectivity index (χ2n) is 6.92. The van der Waals surface area contributed by atoms with Gasteiger partial charge in [-0.2, -0.15) is 17.9 Å². The van der Waals surface area contributed by atoms with E-state index in [9.17, 15) is 13.2 Å². The summed E-state index contributed by atoms with van der Waals surface area (Å²) in [6.45, 7) is 5.79. The van der Waals surface area contributed by atoms with E-state index in [0.717, 1.165) is 28.8 Å². The third kappa shape index (κ3) is 2.93. The lowest BCUT2D eigenvalue weighted by atomic mass is 9.83. The Morgan fingerprint density at radius 3 is 2.74 bits per heavy atom. The van der Waals surface area contributed by atoms with Crippen LogP contribution in [-0.4, -0.2) is 20.0 Å². The predicted octanol–water partition coefficient (Wildman–Crippen LogP) is 2.23. The SMILES string of the molecule is CC1Cc2cc(C3=NNC(=O)C(C)(C)C3)ccc2C1N=S(=O)=O. The van der Waals surface area contributed by atoms with Gasteiger partial charge in [-0.25, -0.2) is 5.43 Å². The highest BCUT2D eigenvalue weighted by molar-refractivity contribution is 7.61. The van der Waals surface area contributed by atoms with Crippen molar-refractivity contribution >= 4 is 22.1 Å². The third-order valence-corrected chi connectivity index (χ3v) is 4.99. The standard InChI is InChI=1S/C16H19N3O3S/c1-9-6-11-7-10(4-5-12(11)14(9)19-23(21)22)13-8-16(2,3)15(20)18-17-13/h4-5,7,9,14H,6,8H2,1-3H3,(H,18,20). The molecule has 2 atom stereocenters. The fraction of sp³-hybridized carbons (Fsp3) is 0.500. The van der Waals surface area contributed by atoms with E-state index in [1.165, 1.54) is 0 Å². The number of amides is 1. The average Bonchev–Trinajstić information content (AvgIpc) is 2.76. The largest absolute Gasteiger partial charge is 0.311 e. The van der Waals surface area contributed by atoms with Gasteiger partial charge in [0.15, 0.2) is 0 Å². The molecule has 0 fully saturated rings. The van der Waals surface area contributed by atoms with Crippen molar-refractivity contribution in [1.82, 2.24) is 5.43 Å². The average molecular weight is 333 g/mol. The lowest BCUT2D eigenvalue weighted by Gasteiger charge is -2.27. The van der Waals surface area contributed by atoms with Crippen molar-refractivity contribution in [1.29, 1.82) is 0 Å². The van der Waals surface area contributed by atoms with Crippen molar-refractivity contribution in [3.63, 3.8) is 0 Å². The molecule has 1 amide bonds. The summed E-state index contributed by atoms with van der Waals surface area (Å²) in [5.41, 5.74) is 5.97. The van der Waals surface area contributed by atoms with Crippen molar-refractivity contribution in [2.24, 2.45) is 20.8 Å². The number of carbonyl (C=O) groups is 1. The highest BCUT2D eigenvalue weighted by Crippen LogP contribution is 2.39. The Labute approximate surface area is 136 Å². The van der Waals surface area contributed by atoms with Crippen molar-refractivity contribution < 1.29 is 13.2 Å². The molecular formula is C16H19N3O3S. The molecule has 1 heterocycles. The molecule has 1 aliphatic heterocycles.